The molecule has 0 aliphatic rings. The van der Waals surface area contributed by atoms with Gasteiger partial charge in [0.25, 0.3) is 11.1 Å². The van der Waals surface area contributed by atoms with Crippen molar-refractivity contribution in [2.75, 3.05) is 12.4 Å². The van der Waals surface area contributed by atoms with Gasteiger partial charge in [0.15, 0.2) is 5.82 Å². The van der Waals surface area contributed by atoms with Gasteiger partial charge in [0, 0.05) is 30.9 Å². The molecule has 0 fully saturated rings. The summed E-state index contributed by atoms with van der Waals surface area (Å²) in [4.78, 5) is 31.1. The topological polar surface area (TPSA) is 92.7 Å². The maximum Gasteiger partial charge on any atom is 0.265 e. The van der Waals surface area contributed by atoms with Crippen molar-refractivity contribution in [2.24, 2.45) is 0 Å². The Hall–Kier alpha value is -2.44. The van der Waals surface area contributed by atoms with E-state index in [1.165, 1.54) is 16.8 Å². The Bertz CT molecular complexity index is 674. The molecule has 0 amide bonds. The smallest absolute Gasteiger partial charge is 0.265 e. The third-order valence-electron chi connectivity index (χ3n) is 2.34. The van der Waals surface area contributed by atoms with Crippen molar-refractivity contribution in [2.45, 2.75) is 13.5 Å². The van der Waals surface area contributed by atoms with E-state index in [9.17, 15) is 9.59 Å². The van der Waals surface area contributed by atoms with Crippen molar-refractivity contribution in [1.82, 2.24) is 19.7 Å². The molecule has 0 aliphatic heterocycles. The van der Waals surface area contributed by atoms with Crippen molar-refractivity contribution < 1.29 is 0 Å². The minimum atomic E-state index is -0.337. The van der Waals surface area contributed by atoms with Gasteiger partial charge >= 0.3 is 0 Å². The first-order valence-electron chi connectivity index (χ1n) is 5.41. The van der Waals surface area contributed by atoms with E-state index in [0.717, 1.165) is 5.69 Å². The number of nitrogens with zero attached hydrogens (tertiary/aromatic N) is 3. The molecule has 7 heteroatoms. The minimum Gasteiger partial charge on any atom is -0.373 e. The van der Waals surface area contributed by atoms with Gasteiger partial charge in [-0.05, 0) is 6.92 Å². The largest absolute Gasteiger partial charge is 0.373 e. The van der Waals surface area contributed by atoms with Crippen LogP contribution in [-0.4, -0.2) is 26.8 Å². The first kappa shape index (κ1) is 12.0. The lowest BCUT2D eigenvalue weighted by Crippen LogP contribution is -2.29. The normalized spacial score (nSPS) is 10.3. The van der Waals surface area contributed by atoms with Crippen LogP contribution in [-0.2, 0) is 6.54 Å². The van der Waals surface area contributed by atoms with Crippen molar-refractivity contribution >= 4 is 5.82 Å². The quantitative estimate of drug-likeness (QED) is 0.778. The van der Waals surface area contributed by atoms with Crippen molar-refractivity contribution in [3.8, 4) is 0 Å². The Morgan fingerprint density at radius 3 is 2.83 bits per heavy atom. The van der Waals surface area contributed by atoms with Gasteiger partial charge in [0.2, 0.25) is 0 Å². The molecule has 2 heterocycles. The van der Waals surface area contributed by atoms with Gasteiger partial charge in [-0.15, -0.1) is 0 Å². The zero-order valence-electron chi connectivity index (χ0n) is 10.1. The van der Waals surface area contributed by atoms with Gasteiger partial charge in [0.05, 0.1) is 0 Å². The van der Waals surface area contributed by atoms with Gasteiger partial charge in [0.1, 0.15) is 12.4 Å². The molecule has 2 N–H and O–H groups in total. The highest BCUT2D eigenvalue weighted by molar-refractivity contribution is 5.34. The maximum absolute atomic E-state index is 11.5. The van der Waals surface area contributed by atoms with E-state index < -0.39 is 0 Å². The number of aromatic nitrogens is 4. The fourth-order valence-electron chi connectivity index (χ4n) is 1.55. The van der Waals surface area contributed by atoms with Gasteiger partial charge in [-0.3, -0.25) is 14.7 Å². The second-order valence-electron chi connectivity index (χ2n) is 3.79. The zero-order chi connectivity index (χ0) is 13.1. The maximum atomic E-state index is 11.5. The molecular weight excluding hydrogens is 234 g/mol. The Kier molecular flexibility index (Phi) is 3.22. The van der Waals surface area contributed by atoms with Gasteiger partial charge in [-0.2, -0.15) is 0 Å². The zero-order valence-corrected chi connectivity index (χ0v) is 10.1. The predicted octanol–water partition coefficient (Wildman–Crippen LogP) is -0.275. The summed E-state index contributed by atoms with van der Waals surface area (Å²) in [7, 11) is 1.75. The summed E-state index contributed by atoms with van der Waals surface area (Å²) >= 11 is 0. The molecule has 0 bridgehead atoms. The first-order valence-corrected chi connectivity index (χ1v) is 5.41. The van der Waals surface area contributed by atoms with Gasteiger partial charge in [-0.25, -0.2) is 14.6 Å². The highest BCUT2D eigenvalue weighted by Gasteiger charge is 2.04. The average molecular weight is 247 g/mol. The third kappa shape index (κ3) is 2.62. The summed E-state index contributed by atoms with van der Waals surface area (Å²) in [5, 5.41) is 5.34. The number of rotatable bonds is 3. The molecule has 7 nitrogen and oxygen atoms in total. The van der Waals surface area contributed by atoms with Crippen LogP contribution in [0.1, 0.15) is 11.5 Å². The summed E-state index contributed by atoms with van der Waals surface area (Å²) in [6.07, 6.45) is 0. The van der Waals surface area contributed by atoms with Crippen molar-refractivity contribution in [3.05, 3.63) is 50.4 Å². The first-order chi connectivity index (χ1) is 8.58. The SMILES string of the molecule is CNc1cc(C)nc(Cn2[nH]c(=O)ccc2=O)n1. The van der Waals surface area contributed by atoms with Crippen LogP contribution in [0.25, 0.3) is 0 Å². The molecule has 94 valence electrons. The van der Waals surface area contributed by atoms with Crippen LogP contribution in [0.4, 0.5) is 5.82 Å². The van der Waals surface area contributed by atoms with E-state index in [4.69, 9.17) is 0 Å². The summed E-state index contributed by atoms with van der Waals surface area (Å²) in [5.74, 6) is 1.13. The molecule has 0 saturated heterocycles. The number of hydrogen-bond donors (Lipinski definition) is 2. The molecule has 0 radical (unpaired) electrons. The second-order valence-corrected chi connectivity index (χ2v) is 3.79. The molecular formula is C11H13N5O2. The summed E-state index contributed by atoms with van der Waals surface area (Å²) in [5.41, 5.74) is 0.150. The van der Waals surface area contributed by atoms with Crippen LogP contribution in [0.3, 0.4) is 0 Å². The standard InChI is InChI=1S/C11H13N5O2/c1-7-5-8(12-2)14-9(13-7)6-16-11(18)4-3-10(17)15-16/h3-5H,6H2,1-2H3,(H,15,17)(H,12,13,14). The second kappa shape index (κ2) is 4.82. The molecule has 0 saturated carbocycles. The Morgan fingerprint density at radius 1 is 1.33 bits per heavy atom. The number of anilines is 1. The number of aryl methyl sites for hydroxylation is 1. The molecule has 2 aromatic rings. The molecule has 0 spiro atoms. The van der Waals surface area contributed by atoms with Crippen LogP contribution >= 0.6 is 0 Å². The van der Waals surface area contributed by atoms with E-state index in [1.54, 1.807) is 13.1 Å². The van der Waals surface area contributed by atoms with Crippen LogP contribution in [0.2, 0.25) is 0 Å². The molecule has 0 unspecified atom stereocenters. The minimum absolute atomic E-state index is 0.130. The molecule has 0 aliphatic carbocycles. The van der Waals surface area contributed by atoms with Crippen LogP contribution in [0.5, 0.6) is 0 Å². The van der Waals surface area contributed by atoms with E-state index in [0.29, 0.717) is 11.6 Å². The fourth-order valence-corrected chi connectivity index (χ4v) is 1.55. The number of nitrogens with one attached hydrogen (secondary N) is 2. The van der Waals surface area contributed by atoms with E-state index in [2.05, 4.69) is 20.4 Å². The fraction of sp³-hybridized carbons (Fsp3) is 0.273. The summed E-state index contributed by atoms with van der Waals surface area (Å²) < 4.78 is 1.18. The Balaban J connectivity index is 2.39. The highest BCUT2D eigenvalue weighted by atomic mass is 16.1. The molecule has 0 atom stereocenters. The lowest BCUT2D eigenvalue weighted by molar-refractivity contribution is 0.603. The molecule has 18 heavy (non-hydrogen) atoms. The number of aromatic amines is 1. The number of H-pyrrole nitrogens is 1. The monoisotopic (exact) mass is 247 g/mol. The molecule has 2 aromatic heterocycles. The average Bonchev–Trinajstić information content (AvgIpc) is 2.33. The summed E-state index contributed by atoms with van der Waals surface area (Å²) in [6.45, 7) is 1.97. The Morgan fingerprint density at radius 2 is 2.11 bits per heavy atom. The lowest BCUT2D eigenvalue weighted by Gasteiger charge is -2.06. The van der Waals surface area contributed by atoms with Crippen molar-refractivity contribution in [3.63, 3.8) is 0 Å². The Labute approximate surface area is 103 Å². The highest BCUT2D eigenvalue weighted by Crippen LogP contribution is 2.05. The molecule has 2 rings (SSSR count). The van der Waals surface area contributed by atoms with Crippen molar-refractivity contribution in [1.29, 1.82) is 0 Å². The third-order valence-corrected chi connectivity index (χ3v) is 2.34. The summed E-state index contributed by atoms with van der Waals surface area (Å²) in [6, 6.07) is 4.20. The van der Waals surface area contributed by atoms with E-state index >= 15 is 0 Å². The lowest BCUT2D eigenvalue weighted by atomic mass is 10.4. The van der Waals surface area contributed by atoms with Crippen LogP contribution in [0.15, 0.2) is 27.8 Å². The number of hydrogen-bond acceptors (Lipinski definition) is 5. The van der Waals surface area contributed by atoms with E-state index in [-0.39, 0.29) is 17.7 Å². The molecule has 0 aromatic carbocycles. The van der Waals surface area contributed by atoms with Crippen LogP contribution in [0, 0.1) is 6.92 Å². The van der Waals surface area contributed by atoms with Gasteiger partial charge in [-0.1, -0.05) is 0 Å². The van der Waals surface area contributed by atoms with E-state index in [1.807, 2.05) is 6.92 Å². The predicted molar refractivity (Wildman–Crippen MR) is 66.7 cm³/mol. The van der Waals surface area contributed by atoms with Crippen LogP contribution < -0.4 is 16.4 Å². The van der Waals surface area contributed by atoms with Gasteiger partial charge < -0.3 is 5.32 Å².